The van der Waals surface area contributed by atoms with E-state index in [1.165, 1.54) is 13.0 Å². The van der Waals surface area contributed by atoms with Gasteiger partial charge in [0.15, 0.2) is 0 Å². The highest BCUT2D eigenvalue weighted by Gasteiger charge is 2.31. The van der Waals surface area contributed by atoms with Gasteiger partial charge in [0, 0.05) is 11.6 Å². The van der Waals surface area contributed by atoms with E-state index in [1.807, 2.05) is 0 Å². The van der Waals surface area contributed by atoms with Crippen LogP contribution in [-0.2, 0) is 0 Å². The molecular weight excluding hydrogens is 143 g/mol. The van der Waals surface area contributed by atoms with Crippen LogP contribution in [-0.4, -0.2) is 6.18 Å². The monoisotopic (exact) mass is 149 g/mol. The molecule has 0 N–H and O–H groups in total. The fraction of sp³-hybridized carbons (Fsp3) is 0.500. The molecule has 0 spiro atoms. The van der Waals surface area contributed by atoms with Gasteiger partial charge >= 0.3 is 6.18 Å². The summed E-state index contributed by atoms with van der Waals surface area (Å²) in [7, 11) is 0. The zero-order chi connectivity index (χ0) is 8.20. The van der Waals surface area contributed by atoms with Crippen molar-refractivity contribution in [2.75, 3.05) is 0 Å². The number of alkyl halides is 3. The van der Waals surface area contributed by atoms with Crippen molar-refractivity contribution in [1.29, 1.82) is 5.26 Å². The van der Waals surface area contributed by atoms with Gasteiger partial charge in [-0.2, -0.15) is 18.4 Å². The molecule has 10 heavy (non-hydrogen) atoms. The number of hydrogen-bond donors (Lipinski definition) is 0. The molecule has 0 amide bonds. The largest absolute Gasteiger partial charge is 0.413 e. The number of rotatable bonds is 1. The fourth-order valence-corrected chi connectivity index (χ4v) is 0.462. The van der Waals surface area contributed by atoms with E-state index in [0.29, 0.717) is 6.08 Å². The quantitative estimate of drug-likeness (QED) is 0.525. The second-order valence-electron chi connectivity index (χ2n) is 1.65. The van der Waals surface area contributed by atoms with Crippen LogP contribution < -0.4 is 0 Å². The predicted octanol–water partition coefficient (Wildman–Crippen LogP) is 2.41. The average molecular weight is 149 g/mol. The molecule has 0 fully saturated rings. The van der Waals surface area contributed by atoms with Crippen molar-refractivity contribution in [3.8, 4) is 6.07 Å². The zero-order valence-corrected chi connectivity index (χ0v) is 5.37. The minimum Gasteiger partial charge on any atom is -0.193 e. The first kappa shape index (κ1) is 9.02. The van der Waals surface area contributed by atoms with Gasteiger partial charge in [-0.25, -0.2) is 0 Å². The molecule has 0 saturated carbocycles. The molecule has 0 aromatic heterocycles. The molecule has 0 aliphatic rings. The predicted molar refractivity (Wildman–Crippen MR) is 30.0 cm³/mol. The van der Waals surface area contributed by atoms with E-state index in [4.69, 9.17) is 5.26 Å². The van der Waals surface area contributed by atoms with Crippen LogP contribution in [0.4, 0.5) is 13.2 Å². The van der Waals surface area contributed by atoms with Crippen molar-refractivity contribution in [2.24, 2.45) is 0 Å². The first-order valence-electron chi connectivity index (χ1n) is 2.68. The Balaban J connectivity index is 4.41. The molecule has 0 aromatic rings. The summed E-state index contributed by atoms with van der Waals surface area (Å²) in [6.07, 6.45) is -3.97. The van der Waals surface area contributed by atoms with E-state index in [1.54, 1.807) is 0 Å². The number of halogens is 3. The lowest BCUT2D eigenvalue weighted by Gasteiger charge is -2.06. The van der Waals surface area contributed by atoms with Gasteiger partial charge in [0.05, 0.1) is 6.07 Å². The Labute approximate surface area is 56.8 Å². The van der Waals surface area contributed by atoms with Crippen LogP contribution in [0.1, 0.15) is 13.3 Å². The molecular formula is C6H6F3N. The third-order valence-electron chi connectivity index (χ3n) is 0.984. The number of nitrogens with zero attached hydrogens (tertiary/aromatic N) is 1. The van der Waals surface area contributed by atoms with E-state index < -0.39 is 11.7 Å². The van der Waals surface area contributed by atoms with Crippen LogP contribution in [0.5, 0.6) is 0 Å². The maximum absolute atomic E-state index is 11.7. The highest BCUT2D eigenvalue weighted by molar-refractivity contribution is 5.17. The van der Waals surface area contributed by atoms with Gasteiger partial charge in [-0.3, -0.25) is 0 Å². The first-order valence-corrected chi connectivity index (χ1v) is 2.68. The van der Waals surface area contributed by atoms with Crippen molar-refractivity contribution in [3.63, 3.8) is 0 Å². The Kier molecular flexibility index (Phi) is 2.94. The summed E-state index contributed by atoms with van der Waals surface area (Å²) in [6.45, 7) is 1.36. The highest BCUT2D eigenvalue weighted by Crippen LogP contribution is 2.27. The Morgan fingerprint density at radius 1 is 1.60 bits per heavy atom. The van der Waals surface area contributed by atoms with E-state index in [-0.39, 0.29) is 6.42 Å². The first-order chi connectivity index (χ1) is 4.52. The SMILES string of the molecule is CCC(=CC#N)C(F)(F)F. The van der Waals surface area contributed by atoms with Crippen LogP contribution in [0, 0.1) is 11.3 Å². The minimum atomic E-state index is -4.34. The third kappa shape index (κ3) is 2.53. The van der Waals surface area contributed by atoms with Gasteiger partial charge < -0.3 is 0 Å². The van der Waals surface area contributed by atoms with Gasteiger partial charge in [0.1, 0.15) is 0 Å². The summed E-state index contributed by atoms with van der Waals surface area (Å²) in [6, 6.07) is 1.34. The summed E-state index contributed by atoms with van der Waals surface area (Å²) in [5.41, 5.74) is -0.782. The van der Waals surface area contributed by atoms with Crippen LogP contribution in [0.15, 0.2) is 11.6 Å². The molecule has 0 atom stereocenters. The lowest BCUT2D eigenvalue weighted by Crippen LogP contribution is -2.10. The topological polar surface area (TPSA) is 23.8 Å². The van der Waals surface area contributed by atoms with Crippen LogP contribution in [0.25, 0.3) is 0 Å². The summed E-state index contributed by atoms with van der Waals surface area (Å²) in [5, 5.41) is 7.90. The number of nitriles is 1. The van der Waals surface area contributed by atoms with Crippen molar-refractivity contribution in [3.05, 3.63) is 11.6 Å². The molecule has 0 saturated heterocycles. The molecule has 0 heterocycles. The molecule has 0 aromatic carbocycles. The molecule has 0 unspecified atom stereocenters. The van der Waals surface area contributed by atoms with E-state index >= 15 is 0 Å². The Hall–Kier alpha value is -0.980. The lowest BCUT2D eigenvalue weighted by atomic mass is 10.2. The molecule has 1 nitrogen and oxygen atoms in total. The smallest absolute Gasteiger partial charge is 0.193 e. The van der Waals surface area contributed by atoms with Gasteiger partial charge in [0.25, 0.3) is 0 Å². The maximum atomic E-state index is 11.7. The van der Waals surface area contributed by atoms with Gasteiger partial charge in [-0.1, -0.05) is 6.92 Å². The van der Waals surface area contributed by atoms with Crippen LogP contribution >= 0.6 is 0 Å². The Morgan fingerprint density at radius 3 is 2.20 bits per heavy atom. The molecule has 4 heteroatoms. The van der Waals surface area contributed by atoms with Crippen molar-refractivity contribution >= 4 is 0 Å². The summed E-state index contributed by atoms with van der Waals surface area (Å²) in [5.74, 6) is 0. The highest BCUT2D eigenvalue weighted by atomic mass is 19.4. The second-order valence-corrected chi connectivity index (χ2v) is 1.65. The van der Waals surface area contributed by atoms with Gasteiger partial charge in [0.2, 0.25) is 0 Å². The fourth-order valence-electron chi connectivity index (χ4n) is 0.462. The Bertz CT molecular complexity index is 172. The normalized spacial score (nSPS) is 12.9. The van der Waals surface area contributed by atoms with Crippen LogP contribution in [0.2, 0.25) is 0 Å². The molecule has 0 bridgehead atoms. The van der Waals surface area contributed by atoms with Crippen molar-refractivity contribution in [1.82, 2.24) is 0 Å². The molecule has 0 radical (unpaired) electrons. The number of allylic oxidation sites excluding steroid dienone is 2. The molecule has 56 valence electrons. The van der Waals surface area contributed by atoms with Crippen molar-refractivity contribution in [2.45, 2.75) is 19.5 Å². The average Bonchev–Trinajstić information content (AvgIpc) is 1.80. The maximum Gasteiger partial charge on any atom is 0.413 e. The van der Waals surface area contributed by atoms with E-state index in [2.05, 4.69) is 0 Å². The Morgan fingerprint density at radius 2 is 2.10 bits per heavy atom. The van der Waals surface area contributed by atoms with Gasteiger partial charge in [-0.05, 0) is 6.42 Å². The summed E-state index contributed by atoms with van der Waals surface area (Å²) in [4.78, 5) is 0. The summed E-state index contributed by atoms with van der Waals surface area (Å²) < 4.78 is 35.1. The lowest BCUT2D eigenvalue weighted by molar-refractivity contribution is -0.0934. The van der Waals surface area contributed by atoms with E-state index in [0.717, 1.165) is 0 Å². The minimum absolute atomic E-state index is 0.156. The number of hydrogen-bond acceptors (Lipinski definition) is 1. The van der Waals surface area contributed by atoms with Crippen LogP contribution in [0.3, 0.4) is 0 Å². The third-order valence-corrected chi connectivity index (χ3v) is 0.984. The van der Waals surface area contributed by atoms with Gasteiger partial charge in [-0.15, -0.1) is 0 Å². The zero-order valence-electron chi connectivity index (χ0n) is 5.37. The second kappa shape index (κ2) is 3.25. The standard InChI is InChI=1S/C6H6F3N/c1-2-5(3-4-10)6(7,8)9/h3H,2H2,1H3. The van der Waals surface area contributed by atoms with Crippen molar-refractivity contribution < 1.29 is 13.2 Å². The van der Waals surface area contributed by atoms with E-state index in [9.17, 15) is 13.2 Å². The molecule has 0 rings (SSSR count). The summed E-state index contributed by atoms with van der Waals surface area (Å²) >= 11 is 0. The molecule has 0 aliphatic carbocycles. The molecule has 0 aliphatic heterocycles.